The molecule has 4 rings (SSSR count). The largest absolute Gasteiger partial charge is 0.466 e. The monoisotopic (exact) mass is 403 g/mol. The van der Waals surface area contributed by atoms with Crippen LogP contribution >= 0.6 is 0 Å². The molecule has 154 valence electrons. The molecule has 0 aliphatic heterocycles. The van der Waals surface area contributed by atoms with Gasteiger partial charge in [-0.15, -0.1) is 0 Å². The van der Waals surface area contributed by atoms with Gasteiger partial charge in [-0.3, -0.25) is 9.78 Å². The predicted octanol–water partition coefficient (Wildman–Crippen LogP) is 4.78. The van der Waals surface area contributed by atoms with E-state index in [0.29, 0.717) is 16.9 Å². The Morgan fingerprint density at radius 1 is 1.17 bits per heavy atom. The van der Waals surface area contributed by atoms with Gasteiger partial charge in [0, 0.05) is 17.8 Å². The summed E-state index contributed by atoms with van der Waals surface area (Å²) in [5.41, 5.74) is 3.57. The number of aryl methyl sites for hydroxylation is 2. The second-order valence-electron chi connectivity index (χ2n) is 7.75. The third-order valence-corrected chi connectivity index (χ3v) is 5.10. The van der Waals surface area contributed by atoms with Gasteiger partial charge in [-0.25, -0.2) is 9.67 Å². The standard InChI is InChI=1S/C23H25N5O2/c1-13(2)28-22-19(12-25-28)18(11-21(27-22)17-10-14(3)30-16(17)5)23(29)26-15(4)20-8-6-7-9-24-20/h6-13,15H,1-5H3,(H,26,29). The van der Waals surface area contributed by atoms with E-state index in [0.717, 1.165) is 28.2 Å². The minimum absolute atomic E-state index is 0.112. The van der Waals surface area contributed by atoms with Gasteiger partial charge in [-0.1, -0.05) is 6.07 Å². The van der Waals surface area contributed by atoms with Crippen LogP contribution in [-0.4, -0.2) is 25.7 Å². The quantitative estimate of drug-likeness (QED) is 0.518. The zero-order chi connectivity index (χ0) is 21.4. The molecule has 7 heteroatoms. The number of furan rings is 1. The first-order valence-corrected chi connectivity index (χ1v) is 10.0. The first-order chi connectivity index (χ1) is 14.3. The summed E-state index contributed by atoms with van der Waals surface area (Å²) in [5.74, 6) is 1.38. The molecule has 0 bridgehead atoms. The van der Waals surface area contributed by atoms with Crippen molar-refractivity contribution in [2.24, 2.45) is 0 Å². The Labute approximate surface area is 175 Å². The van der Waals surface area contributed by atoms with Gasteiger partial charge in [0.25, 0.3) is 5.91 Å². The van der Waals surface area contributed by atoms with Gasteiger partial charge in [0.05, 0.1) is 34.6 Å². The fourth-order valence-electron chi connectivity index (χ4n) is 3.59. The molecule has 0 radical (unpaired) electrons. The minimum Gasteiger partial charge on any atom is -0.466 e. The second kappa shape index (κ2) is 7.74. The van der Waals surface area contributed by atoms with E-state index in [-0.39, 0.29) is 18.0 Å². The molecule has 0 aliphatic rings. The molecule has 4 aromatic heterocycles. The molecule has 4 aromatic rings. The van der Waals surface area contributed by atoms with Crippen molar-refractivity contribution in [3.05, 3.63) is 65.5 Å². The van der Waals surface area contributed by atoms with Crippen molar-refractivity contribution < 1.29 is 9.21 Å². The van der Waals surface area contributed by atoms with Crippen molar-refractivity contribution in [3.8, 4) is 11.3 Å². The van der Waals surface area contributed by atoms with Gasteiger partial charge in [0.1, 0.15) is 11.5 Å². The van der Waals surface area contributed by atoms with E-state index in [1.54, 1.807) is 12.4 Å². The Hall–Kier alpha value is -3.48. The third-order valence-electron chi connectivity index (χ3n) is 5.10. The first-order valence-electron chi connectivity index (χ1n) is 10.0. The molecule has 4 heterocycles. The number of nitrogens with zero attached hydrogens (tertiary/aromatic N) is 4. The number of rotatable bonds is 5. The summed E-state index contributed by atoms with van der Waals surface area (Å²) in [7, 11) is 0. The van der Waals surface area contributed by atoms with Crippen molar-refractivity contribution in [1.29, 1.82) is 0 Å². The van der Waals surface area contributed by atoms with Crippen LogP contribution in [0.25, 0.3) is 22.3 Å². The van der Waals surface area contributed by atoms with Crippen molar-refractivity contribution >= 4 is 16.9 Å². The fourth-order valence-corrected chi connectivity index (χ4v) is 3.59. The Kier molecular flexibility index (Phi) is 5.11. The van der Waals surface area contributed by atoms with Gasteiger partial charge in [-0.2, -0.15) is 5.10 Å². The number of pyridine rings is 2. The molecule has 0 aliphatic carbocycles. The lowest BCUT2D eigenvalue weighted by Gasteiger charge is -2.15. The molecule has 0 spiro atoms. The average Bonchev–Trinajstić information content (AvgIpc) is 3.30. The molecule has 0 saturated heterocycles. The first kappa shape index (κ1) is 19.8. The highest BCUT2D eigenvalue weighted by Gasteiger charge is 2.21. The maximum atomic E-state index is 13.3. The number of nitrogens with one attached hydrogen (secondary N) is 1. The molecule has 1 amide bonds. The van der Waals surface area contributed by atoms with Gasteiger partial charge >= 0.3 is 0 Å². The SMILES string of the molecule is Cc1cc(-c2cc(C(=O)NC(C)c3ccccn3)c3cnn(C(C)C)c3n2)c(C)o1. The Morgan fingerprint density at radius 2 is 1.97 bits per heavy atom. The van der Waals surface area contributed by atoms with E-state index in [2.05, 4.69) is 15.4 Å². The molecule has 0 fully saturated rings. The molecule has 1 atom stereocenters. The van der Waals surface area contributed by atoms with E-state index in [1.165, 1.54) is 0 Å². The molecule has 1 N–H and O–H groups in total. The summed E-state index contributed by atoms with van der Waals surface area (Å²) in [6.45, 7) is 9.79. The van der Waals surface area contributed by atoms with Crippen LogP contribution in [0.4, 0.5) is 0 Å². The molecule has 0 saturated carbocycles. The third kappa shape index (κ3) is 3.58. The molecule has 30 heavy (non-hydrogen) atoms. The lowest BCUT2D eigenvalue weighted by molar-refractivity contribution is 0.0940. The van der Waals surface area contributed by atoms with Crippen LogP contribution in [-0.2, 0) is 0 Å². The highest BCUT2D eigenvalue weighted by molar-refractivity contribution is 6.06. The van der Waals surface area contributed by atoms with Crippen LogP contribution in [0.15, 0.2) is 47.1 Å². The summed E-state index contributed by atoms with van der Waals surface area (Å²) >= 11 is 0. The molecule has 1 unspecified atom stereocenters. The lowest BCUT2D eigenvalue weighted by atomic mass is 10.1. The minimum atomic E-state index is -0.233. The lowest BCUT2D eigenvalue weighted by Crippen LogP contribution is -2.27. The summed E-state index contributed by atoms with van der Waals surface area (Å²) in [6.07, 6.45) is 3.43. The predicted molar refractivity (Wildman–Crippen MR) is 115 cm³/mol. The van der Waals surface area contributed by atoms with Gasteiger partial charge in [-0.05, 0) is 58.9 Å². The van der Waals surface area contributed by atoms with E-state index >= 15 is 0 Å². The van der Waals surface area contributed by atoms with Crippen molar-refractivity contribution in [1.82, 2.24) is 25.1 Å². The van der Waals surface area contributed by atoms with Crippen LogP contribution in [0.1, 0.15) is 60.4 Å². The molecular weight excluding hydrogens is 378 g/mol. The maximum absolute atomic E-state index is 13.3. The van der Waals surface area contributed by atoms with Crippen molar-refractivity contribution in [2.75, 3.05) is 0 Å². The number of fused-ring (bicyclic) bond motifs is 1. The van der Waals surface area contributed by atoms with Crippen molar-refractivity contribution in [2.45, 2.75) is 46.7 Å². The van der Waals surface area contributed by atoms with E-state index < -0.39 is 0 Å². The van der Waals surface area contributed by atoms with Crippen LogP contribution in [0.2, 0.25) is 0 Å². The topological polar surface area (TPSA) is 85.8 Å². The van der Waals surface area contributed by atoms with E-state index in [4.69, 9.17) is 9.40 Å². The second-order valence-corrected chi connectivity index (χ2v) is 7.75. The highest BCUT2D eigenvalue weighted by atomic mass is 16.3. The zero-order valence-electron chi connectivity index (χ0n) is 17.8. The number of hydrogen-bond donors (Lipinski definition) is 1. The summed E-state index contributed by atoms with van der Waals surface area (Å²) in [4.78, 5) is 22.4. The summed E-state index contributed by atoms with van der Waals surface area (Å²) in [5, 5.41) is 8.25. The fraction of sp³-hybridized carbons (Fsp3) is 0.304. The number of carbonyl (C=O) groups excluding carboxylic acids is 1. The highest BCUT2D eigenvalue weighted by Crippen LogP contribution is 2.30. The molecule has 7 nitrogen and oxygen atoms in total. The van der Waals surface area contributed by atoms with Crippen LogP contribution < -0.4 is 5.32 Å². The smallest absolute Gasteiger partial charge is 0.252 e. The number of aromatic nitrogens is 4. The molecular formula is C23H25N5O2. The number of amides is 1. The Bertz CT molecular complexity index is 1210. The van der Waals surface area contributed by atoms with Crippen LogP contribution in [0, 0.1) is 13.8 Å². The van der Waals surface area contributed by atoms with Gasteiger partial charge in [0.2, 0.25) is 0 Å². The maximum Gasteiger partial charge on any atom is 0.252 e. The van der Waals surface area contributed by atoms with E-state index in [1.807, 2.05) is 69.6 Å². The van der Waals surface area contributed by atoms with E-state index in [9.17, 15) is 4.79 Å². The van der Waals surface area contributed by atoms with Crippen LogP contribution in [0.5, 0.6) is 0 Å². The average molecular weight is 403 g/mol. The molecule has 0 aromatic carbocycles. The van der Waals surface area contributed by atoms with Crippen LogP contribution in [0.3, 0.4) is 0 Å². The van der Waals surface area contributed by atoms with Crippen molar-refractivity contribution in [3.63, 3.8) is 0 Å². The zero-order valence-corrected chi connectivity index (χ0v) is 17.8. The summed E-state index contributed by atoms with van der Waals surface area (Å²) in [6, 6.07) is 9.29. The Morgan fingerprint density at radius 3 is 2.60 bits per heavy atom. The summed E-state index contributed by atoms with van der Waals surface area (Å²) < 4.78 is 7.53. The van der Waals surface area contributed by atoms with Gasteiger partial charge in [0.15, 0.2) is 5.65 Å². The Balaban J connectivity index is 1.81. The number of carbonyl (C=O) groups is 1. The van der Waals surface area contributed by atoms with Gasteiger partial charge < -0.3 is 9.73 Å². The normalized spacial score (nSPS) is 12.5. The number of hydrogen-bond acceptors (Lipinski definition) is 5.